The molecule has 0 bridgehead atoms. The van der Waals surface area contributed by atoms with Crippen molar-refractivity contribution in [1.29, 1.82) is 0 Å². The SMILES string of the molecule is CCCNC(=O)n1nnc(C(C(=O)[C@@H](N)CCC(N)=O)c2ccccc2)n1. The van der Waals surface area contributed by atoms with Gasteiger partial charge in [-0.25, -0.2) is 4.79 Å². The molecule has 10 heteroatoms. The number of rotatable bonds is 9. The summed E-state index contributed by atoms with van der Waals surface area (Å²) < 4.78 is 0. The maximum atomic E-state index is 12.9. The molecule has 1 unspecified atom stereocenters. The smallest absolute Gasteiger partial charge is 0.360 e. The maximum absolute atomic E-state index is 12.9. The summed E-state index contributed by atoms with van der Waals surface area (Å²) >= 11 is 0. The molecule has 0 aliphatic rings. The molecule has 1 aromatic heterocycles. The summed E-state index contributed by atoms with van der Waals surface area (Å²) in [6.07, 6.45) is 0.865. The molecule has 0 spiro atoms. The van der Waals surface area contributed by atoms with Crippen LogP contribution in [0.3, 0.4) is 0 Å². The van der Waals surface area contributed by atoms with Gasteiger partial charge in [-0.2, -0.15) is 0 Å². The number of nitrogens with two attached hydrogens (primary N) is 2. The number of nitrogens with one attached hydrogen (secondary N) is 1. The number of carbonyl (C=O) groups is 3. The molecule has 10 nitrogen and oxygen atoms in total. The number of nitrogens with zero attached hydrogens (tertiary/aromatic N) is 4. The molecular formula is C17H23N7O3. The van der Waals surface area contributed by atoms with Gasteiger partial charge in [-0.1, -0.05) is 42.1 Å². The summed E-state index contributed by atoms with van der Waals surface area (Å²) in [6, 6.07) is 7.35. The van der Waals surface area contributed by atoms with Crippen LogP contribution in [0.2, 0.25) is 0 Å². The first-order chi connectivity index (χ1) is 12.9. The number of hydrogen-bond donors (Lipinski definition) is 3. The van der Waals surface area contributed by atoms with E-state index in [0.29, 0.717) is 12.1 Å². The highest BCUT2D eigenvalue weighted by Gasteiger charge is 2.31. The monoisotopic (exact) mass is 373 g/mol. The van der Waals surface area contributed by atoms with E-state index < -0.39 is 23.9 Å². The van der Waals surface area contributed by atoms with Crippen molar-refractivity contribution in [2.75, 3.05) is 6.54 Å². The van der Waals surface area contributed by atoms with E-state index in [-0.39, 0.29) is 24.4 Å². The number of benzene rings is 1. The highest BCUT2D eigenvalue weighted by molar-refractivity contribution is 5.92. The van der Waals surface area contributed by atoms with Gasteiger partial charge in [-0.05, 0) is 23.6 Å². The van der Waals surface area contributed by atoms with Crippen molar-refractivity contribution in [2.24, 2.45) is 11.5 Å². The molecule has 0 saturated heterocycles. The van der Waals surface area contributed by atoms with Gasteiger partial charge in [0.25, 0.3) is 0 Å². The lowest BCUT2D eigenvalue weighted by molar-refractivity contribution is -0.121. The zero-order valence-corrected chi connectivity index (χ0v) is 15.0. The molecule has 1 heterocycles. The lowest BCUT2D eigenvalue weighted by atomic mass is 9.89. The number of aromatic nitrogens is 4. The van der Waals surface area contributed by atoms with E-state index in [1.165, 1.54) is 0 Å². The van der Waals surface area contributed by atoms with Crippen LogP contribution in [0, 0.1) is 0 Å². The fourth-order valence-electron chi connectivity index (χ4n) is 2.47. The molecule has 1 aromatic carbocycles. The number of primary amides is 1. The van der Waals surface area contributed by atoms with Crippen molar-refractivity contribution in [3.63, 3.8) is 0 Å². The number of hydrogen-bond acceptors (Lipinski definition) is 7. The summed E-state index contributed by atoms with van der Waals surface area (Å²) in [5, 5.41) is 14.3. The van der Waals surface area contributed by atoms with Crippen LogP contribution in [-0.4, -0.2) is 50.5 Å². The molecular weight excluding hydrogens is 350 g/mol. The highest BCUT2D eigenvalue weighted by Crippen LogP contribution is 2.24. The Morgan fingerprint density at radius 2 is 1.93 bits per heavy atom. The number of carbonyl (C=O) groups excluding carboxylic acids is 3. The molecule has 2 atom stereocenters. The van der Waals surface area contributed by atoms with Crippen LogP contribution in [0.25, 0.3) is 0 Å². The first kappa shape index (κ1) is 20.2. The molecule has 0 aliphatic heterocycles. The van der Waals surface area contributed by atoms with Crippen molar-refractivity contribution in [3.05, 3.63) is 41.7 Å². The van der Waals surface area contributed by atoms with Crippen LogP contribution in [0.4, 0.5) is 4.79 Å². The second-order valence-corrected chi connectivity index (χ2v) is 6.03. The third-order valence-electron chi connectivity index (χ3n) is 3.88. The van der Waals surface area contributed by atoms with Gasteiger partial charge in [-0.15, -0.1) is 10.2 Å². The number of tetrazole rings is 1. The molecule has 5 N–H and O–H groups in total. The Morgan fingerprint density at radius 1 is 1.22 bits per heavy atom. The summed E-state index contributed by atoms with van der Waals surface area (Å²) in [4.78, 5) is 36.7. The molecule has 0 radical (unpaired) electrons. The molecule has 0 aliphatic carbocycles. The Hall–Kier alpha value is -3.14. The quantitative estimate of drug-likeness (QED) is 0.555. The molecule has 2 amide bonds. The van der Waals surface area contributed by atoms with Gasteiger partial charge in [0, 0.05) is 13.0 Å². The third-order valence-corrected chi connectivity index (χ3v) is 3.88. The van der Waals surface area contributed by atoms with Gasteiger partial charge in [0.2, 0.25) is 5.91 Å². The van der Waals surface area contributed by atoms with E-state index in [1.54, 1.807) is 30.3 Å². The van der Waals surface area contributed by atoms with E-state index >= 15 is 0 Å². The second-order valence-electron chi connectivity index (χ2n) is 6.03. The van der Waals surface area contributed by atoms with Crippen LogP contribution in [0.1, 0.15) is 43.5 Å². The average molecular weight is 373 g/mol. The minimum atomic E-state index is -0.927. The Kier molecular flexibility index (Phi) is 7.12. The first-order valence-corrected chi connectivity index (χ1v) is 8.64. The number of amides is 2. The molecule has 2 rings (SSSR count). The van der Waals surface area contributed by atoms with Crippen molar-refractivity contribution in [2.45, 2.75) is 38.1 Å². The Bertz CT molecular complexity index is 791. The van der Waals surface area contributed by atoms with Crippen molar-refractivity contribution >= 4 is 17.7 Å². The van der Waals surface area contributed by atoms with E-state index in [4.69, 9.17) is 11.5 Å². The average Bonchev–Trinajstić information content (AvgIpc) is 3.14. The highest BCUT2D eigenvalue weighted by atomic mass is 16.2. The van der Waals surface area contributed by atoms with Gasteiger partial charge >= 0.3 is 6.03 Å². The van der Waals surface area contributed by atoms with Crippen LogP contribution < -0.4 is 16.8 Å². The summed E-state index contributed by atoms with van der Waals surface area (Å²) in [5.74, 6) is -1.75. The van der Waals surface area contributed by atoms with Gasteiger partial charge in [-0.3, -0.25) is 9.59 Å². The van der Waals surface area contributed by atoms with Gasteiger partial charge in [0.05, 0.1) is 6.04 Å². The number of Topliss-reactive ketones (excluding diaryl/α,β-unsaturated/α-hetero) is 1. The molecule has 0 fully saturated rings. The summed E-state index contributed by atoms with van der Waals surface area (Å²) in [7, 11) is 0. The second kappa shape index (κ2) is 9.53. The molecule has 0 saturated carbocycles. The molecule has 144 valence electrons. The Morgan fingerprint density at radius 3 is 2.56 bits per heavy atom. The number of ketones is 1. The van der Waals surface area contributed by atoms with Crippen LogP contribution in [-0.2, 0) is 9.59 Å². The van der Waals surface area contributed by atoms with Gasteiger partial charge in [0.15, 0.2) is 11.6 Å². The summed E-state index contributed by atoms with van der Waals surface area (Å²) in [6.45, 7) is 2.38. The van der Waals surface area contributed by atoms with Gasteiger partial charge < -0.3 is 16.8 Å². The van der Waals surface area contributed by atoms with E-state index in [2.05, 4.69) is 20.7 Å². The maximum Gasteiger partial charge on any atom is 0.360 e. The largest absolute Gasteiger partial charge is 0.370 e. The van der Waals surface area contributed by atoms with E-state index in [1.807, 2.05) is 6.92 Å². The predicted octanol–water partition coefficient (Wildman–Crippen LogP) is -0.0654. The topological polar surface area (TPSA) is 159 Å². The Labute approximate surface area is 156 Å². The lowest BCUT2D eigenvalue weighted by Crippen LogP contribution is -2.36. The van der Waals surface area contributed by atoms with Crippen molar-refractivity contribution < 1.29 is 14.4 Å². The zero-order valence-electron chi connectivity index (χ0n) is 15.0. The third kappa shape index (κ3) is 5.42. The summed E-state index contributed by atoms with van der Waals surface area (Å²) in [5.41, 5.74) is 11.7. The standard InChI is InChI=1S/C17H23N7O3/c1-2-10-20-17(27)24-22-16(21-23-24)14(11-6-4-3-5-7-11)15(26)12(18)8-9-13(19)25/h3-7,12,14H,2,8-10,18H2,1H3,(H2,19,25)(H,20,27)/t12-,14?/m0/s1. The Balaban J connectivity index is 2.29. The molecule has 27 heavy (non-hydrogen) atoms. The van der Waals surface area contributed by atoms with Crippen molar-refractivity contribution in [3.8, 4) is 0 Å². The zero-order chi connectivity index (χ0) is 19.8. The minimum Gasteiger partial charge on any atom is -0.370 e. The van der Waals surface area contributed by atoms with E-state index in [9.17, 15) is 14.4 Å². The first-order valence-electron chi connectivity index (χ1n) is 8.64. The van der Waals surface area contributed by atoms with Crippen LogP contribution >= 0.6 is 0 Å². The van der Waals surface area contributed by atoms with Crippen LogP contribution in [0.5, 0.6) is 0 Å². The van der Waals surface area contributed by atoms with Crippen LogP contribution in [0.15, 0.2) is 30.3 Å². The predicted molar refractivity (Wildman–Crippen MR) is 96.6 cm³/mol. The fourth-order valence-corrected chi connectivity index (χ4v) is 2.47. The lowest BCUT2D eigenvalue weighted by Gasteiger charge is -2.17. The minimum absolute atomic E-state index is 0.00599. The fraction of sp³-hybridized carbons (Fsp3) is 0.412. The van der Waals surface area contributed by atoms with Gasteiger partial charge in [0.1, 0.15) is 5.92 Å². The van der Waals surface area contributed by atoms with Crippen molar-refractivity contribution in [1.82, 2.24) is 25.5 Å². The van der Waals surface area contributed by atoms with E-state index in [0.717, 1.165) is 11.2 Å². The normalized spacial score (nSPS) is 13.0. The molecule has 2 aromatic rings.